The zero-order valence-electron chi connectivity index (χ0n) is 20.0. The minimum Gasteiger partial charge on any atom is -0.497 e. The molecule has 0 saturated carbocycles. The van der Waals surface area contributed by atoms with Crippen molar-refractivity contribution in [3.8, 4) is 16.9 Å². The van der Waals surface area contributed by atoms with Crippen LogP contribution in [0.4, 0.5) is 23.2 Å². The van der Waals surface area contributed by atoms with Crippen molar-refractivity contribution in [3.05, 3.63) is 89.2 Å². The molecule has 0 unspecified atom stereocenters. The zero-order valence-corrected chi connectivity index (χ0v) is 20.0. The summed E-state index contributed by atoms with van der Waals surface area (Å²) in [6.07, 6.45) is -1.70. The van der Waals surface area contributed by atoms with Crippen LogP contribution in [-0.4, -0.2) is 51.0 Å². The van der Waals surface area contributed by atoms with Crippen LogP contribution in [-0.2, 0) is 6.18 Å². The molecule has 1 saturated heterocycles. The number of carbonyl (C=O) groups excluding carboxylic acids is 1. The Balaban J connectivity index is 1.69. The predicted molar refractivity (Wildman–Crippen MR) is 133 cm³/mol. The maximum Gasteiger partial charge on any atom is 0.416 e. The van der Waals surface area contributed by atoms with Crippen LogP contribution in [0.1, 0.15) is 21.5 Å². The van der Waals surface area contributed by atoms with Crippen LogP contribution >= 0.6 is 0 Å². The number of allylic oxidation sites excluding steroid dienone is 1. The van der Waals surface area contributed by atoms with Crippen LogP contribution in [0.15, 0.2) is 66.7 Å². The molecule has 0 amide bonds. The van der Waals surface area contributed by atoms with Crippen molar-refractivity contribution in [2.24, 2.45) is 0 Å². The molecule has 188 valence electrons. The molecule has 1 fully saturated rings. The number of ether oxygens (including phenoxy) is 1. The lowest BCUT2D eigenvalue weighted by Gasteiger charge is -2.35. The fourth-order valence-corrected chi connectivity index (χ4v) is 4.11. The van der Waals surface area contributed by atoms with Crippen molar-refractivity contribution in [3.63, 3.8) is 0 Å². The number of nitrogens with zero attached hydrogens (tertiary/aromatic N) is 2. The molecule has 4 nitrogen and oxygen atoms in total. The topological polar surface area (TPSA) is 32.8 Å². The first-order valence-corrected chi connectivity index (χ1v) is 11.5. The summed E-state index contributed by atoms with van der Waals surface area (Å²) < 4.78 is 58.3. The van der Waals surface area contributed by atoms with Gasteiger partial charge in [-0.1, -0.05) is 18.2 Å². The number of hydrogen-bond acceptors (Lipinski definition) is 4. The molecule has 0 radical (unpaired) electrons. The molecule has 3 aromatic rings. The summed E-state index contributed by atoms with van der Waals surface area (Å²) in [6.45, 7) is 3.13. The van der Waals surface area contributed by atoms with Gasteiger partial charge in [-0.2, -0.15) is 13.2 Å². The molecular formula is C28H26F4N2O2. The van der Waals surface area contributed by atoms with E-state index in [9.17, 15) is 22.4 Å². The minimum atomic E-state index is -4.42. The Morgan fingerprint density at radius 3 is 2.19 bits per heavy atom. The lowest BCUT2D eigenvalue weighted by atomic mass is 9.97. The van der Waals surface area contributed by atoms with Gasteiger partial charge in [0.15, 0.2) is 5.78 Å². The predicted octanol–water partition coefficient (Wildman–Crippen LogP) is 6.17. The Labute approximate surface area is 207 Å². The number of ketones is 1. The third-order valence-corrected chi connectivity index (χ3v) is 6.27. The number of hydrogen-bond donors (Lipinski definition) is 0. The van der Waals surface area contributed by atoms with E-state index in [0.717, 1.165) is 44.0 Å². The van der Waals surface area contributed by atoms with E-state index in [2.05, 4.69) is 9.80 Å². The maximum absolute atomic E-state index is 14.4. The van der Waals surface area contributed by atoms with Crippen molar-refractivity contribution in [2.45, 2.75) is 6.18 Å². The van der Waals surface area contributed by atoms with Gasteiger partial charge in [-0.05, 0) is 66.7 Å². The van der Waals surface area contributed by atoms with Crippen molar-refractivity contribution in [2.75, 3.05) is 45.2 Å². The van der Waals surface area contributed by atoms with E-state index in [1.807, 2.05) is 13.1 Å². The third-order valence-electron chi connectivity index (χ3n) is 6.27. The second kappa shape index (κ2) is 10.5. The highest BCUT2D eigenvalue weighted by Gasteiger charge is 2.30. The molecule has 0 spiro atoms. The smallest absolute Gasteiger partial charge is 0.416 e. The van der Waals surface area contributed by atoms with Gasteiger partial charge in [0.05, 0.1) is 12.7 Å². The van der Waals surface area contributed by atoms with Crippen LogP contribution in [0.2, 0.25) is 0 Å². The second-order valence-electron chi connectivity index (χ2n) is 8.68. The van der Waals surface area contributed by atoms with Gasteiger partial charge >= 0.3 is 6.18 Å². The number of anilines is 1. The van der Waals surface area contributed by atoms with Gasteiger partial charge in [0.2, 0.25) is 0 Å². The first kappa shape index (κ1) is 25.4. The van der Waals surface area contributed by atoms with Gasteiger partial charge in [0.1, 0.15) is 11.6 Å². The van der Waals surface area contributed by atoms with Gasteiger partial charge in [0, 0.05) is 49.1 Å². The first-order chi connectivity index (χ1) is 17.2. The summed E-state index contributed by atoms with van der Waals surface area (Å²) >= 11 is 0. The highest BCUT2D eigenvalue weighted by atomic mass is 19.4. The number of likely N-dealkylation sites (N-methyl/N-ethyl adjacent to an activating group) is 1. The largest absolute Gasteiger partial charge is 0.497 e. The molecular weight excluding hydrogens is 472 g/mol. The second-order valence-corrected chi connectivity index (χ2v) is 8.68. The summed E-state index contributed by atoms with van der Waals surface area (Å²) in [6, 6.07) is 14.5. The van der Waals surface area contributed by atoms with Crippen LogP contribution in [0.5, 0.6) is 5.75 Å². The molecule has 1 heterocycles. The van der Waals surface area contributed by atoms with E-state index >= 15 is 0 Å². The molecule has 0 bridgehead atoms. The minimum absolute atomic E-state index is 0.240. The molecule has 0 N–H and O–H groups in total. The molecule has 3 aromatic carbocycles. The van der Waals surface area contributed by atoms with Gasteiger partial charge in [-0.15, -0.1) is 0 Å². The summed E-state index contributed by atoms with van der Waals surface area (Å²) in [4.78, 5) is 17.6. The van der Waals surface area contributed by atoms with E-state index in [-0.39, 0.29) is 11.3 Å². The summed E-state index contributed by atoms with van der Waals surface area (Å²) in [5, 5.41) is 0. The van der Waals surface area contributed by atoms with Crippen molar-refractivity contribution < 1.29 is 27.1 Å². The van der Waals surface area contributed by atoms with E-state index in [1.165, 1.54) is 43.5 Å². The van der Waals surface area contributed by atoms with E-state index < -0.39 is 17.6 Å². The molecule has 1 aliphatic heterocycles. The standard InChI is InChI=1S/C28H26F4N2O2/c1-33-13-15-34(16-14-33)26-11-6-21(19-3-8-22(9-4-19)28(30,31)32)17-24(26)27(35)12-7-20-5-10-23(36-2)18-25(20)29/h3-12,17-18H,13-16H2,1-2H3. The SMILES string of the molecule is COc1ccc(C=CC(=O)c2cc(-c3ccc(C(F)(F)F)cc3)ccc2N2CCN(C)CC2)c(F)c1. The molecule has 8 heteroatoms. The number of benzene rings is 3. The van der Waals surface area contributed by atoms with Gasteiger partial charge < -0.3 is 14.5 Å². The van der Waals surface area contributed by atoms with E-state index in [4.69, 9.17) is 4.74 Å². The summed E-state index contributed by atoms with van der Waals surface area (Å²) in [5.74, 6) is -0.471. The first-order valence-electron chi connectivity index (χ1n) is 11.5. The Morgan fingerprint density at radius 1 is 0.917 bits per heavy atom. The molecule has 0 aliphatic carbocycles. The van der Waals surface area contributed by atoms with Crippen LogP contribution in [0.25, 0.3) is 17.2 Å². The van der Waals surface area contributed by atoms with Crippen LogP contribution < -0.4 is 9.64 Å². The van der Waals surface area contributed by atoms with Gasteiger partial charge in [0.25, 0.3) is 0 Å². The monoisotopic (exact) mass is 498 g/mol. The average molecular weight is 499 g/mol. The number of rotatable bonds is 6. The fraction of sp³-hybridized carbons (Fsp3) is 0.250. The number of halogens is 4. The molecule has 0 aromatic heterocycles. The van der Waals surface area contributed by atoms with E-state index in [0.29, 0.717) is 22.4 Å². The van der Waals surface area contributed by atoms with Crippen LogP contribution in [0, 0.1) is 5.82 Å². The summed E-state index contributed by atoms with van der Waals surface area (Å²) in [5.41, 5.74) is 1.83. The average Bonchev–Trinajstić information content (AvgIpc) is 2.87. The van der Waals surface area contributed by atoms with Crippen molar-refractivity contribution in [1.29, 1.82) is 0 Å². The summed E-state index contributed by atoms with van der Waals surface area (Å²) in [7, 11) is 3.47. The third kappa shape index (κ3) is 5.76. The number of methoxy groups -OCH3 is 1. The number of carbonyl (C=O) groups is 1. The molecule has 36 heavy (non-hydrogen) atoms. The number of piperazine rings is 1. The highest BCUT2D eigenvalue weighted by molar-refractivity contribution is 6.11. The van der Waals surface area contributed by atoms with Gasteiger partial charge in [-0.3, -0.25) is 4.79 Å². The Kier molecular flexibility index (Phi) is 7.45. The Hall–Kier alpha value is -3.65. The van der Waals surface area contributed by atoms with Crippen LogP contribution in [0.3, 0.4) is 0 Å². The zero-order chi connectivity index (χ0) is 25.9. The molecule has 1 aliphatic rings. The lowest BCUT2D eigenvalue weighted by Crippen LogP contribution is -2.45. The normalized spacial score (nSPS) is 14.9. The van der Waals surface area contributed by atoms with Crippen molar-refractivity contribution in [1.82, 2.24) is 4.90 Å². The number of alkyl halides is 3. The molecule has 0 atom stereocenters. The van der Waals surface area contributed by atoms with Gasteiger partial charge in [-0.25, -0.2) is 4.39 Å². The Bertz CT molecular complexity index is 1260. The lowest BCUT2D eigenvalue weighted by molar-refractivity contribution is -0.137. The highest BCUT2D eigenvalue weighted by Crippen LogP contribution is 2.33. The maximum atomic E-state index is 14.4. The molecule has 4 rings (SSSR count). The Morgan fingerprint density at radius 2 is 1.58 bits per heavy atom. The van der Waals surface area contributed by atoms with E-state index in [1.54, 1.807) is 18.2 Å². The quantitative estimate of drug-likeness (QED) is 0.231. The fourth-order valence-electron chi connectivity index (χ4n) is 4.11. The van der Waals surface area contributed by atoms with Crippen molar-refractivity contribution >= 4 is 17.5 Å².